The molecule has 0 bridgehead atoms. The summed E-state index contributed by atoms with van der Waals surface area (Å²) in [7, 11) is -3.53. The van der Waals surface area contributed by atoms with Crippen LogP contribution in [0.25, 0.3) is 0 Å². The van der Waals surface area contributed by atoms with Crippen LogP contribution in [0.3, 0.4) is 0 Å². The standard InChI is InChI=1S/C23H30FN3O5S/c1-15-21(31-17-8-10-27(11-9-17)13-23(3,4)16(2)28)25-14-26-22(15)32-20-7-6-18(12-19(20)24)33(5,29)30/h6-7,12,14,17H,8-11,13H2,1-5H3. The minimum Gasteiger partial charge on any atom is -0.474 e. The van der Waals surface area contributed by atoms with Crippen LogP contribution in [0.15, 0.2) is 29.4 Å². The Morgan fingerprint density at radius 1 is 1.21 bits per heavy atom. The van der Waals surface area contributed by atoms with E-state index in [9.17, 15) is 17.6 Å². The Morgan fingerprint density at radius 3 is 2.42 bits per heavy atom. The zero-order valence-electron chi connectivity index (χ0n) is 19.6. The van der Waals surface area contributed by atoms with Crippen molar-refractivity contribution < 1.29 is 27.1 Å². The van der Waals surface area contributed by atoms with Gasteiger partial charge >= 0.3 is 0 Å². The molecule has 8 nitrogen and oxygen atoms in total. The van der Waals surface area contributed by atoms with Gasteiger partial charge in [-0.25, -0.2) is 22.8 Å². The molecule has 0 N–H and O–H groups in total. The predicted octanol–water partition coefficient (Wildman–Crippen LogP) is 3.58. The number of hydrogen-bond acceptors (Lipinski definition) is 8. The van der Waals surface area contributed by atoms with Crippen LogP contribution in [0.5, 0.6) is 17.5 Å². The van der Waals surface area contributed by atoms with E-state index in [1.165, 1.54) is 18.5 Å². The first-order valence-corrected chi connectivity index (χ1v) is 12.6. The third-order valence-electron chi connectivity index (χ3n) is 5.91. The van der Waals surface area contributed by atoms with Crippen LogP contribution < -0.4 is 9.47 Å². The van der Waals surface area contributed by atoms with Crippen molar-refractivity contribution in [3.05, 3.63) is 35.9 Å². The first kappa shape index (κ1) is 25.0. The van der Waals surface area contributed by atoms with Crippen molar-refractivity contribution in [2.45, 2.75) is 51.5 Å². The van der Waals surface area contributed by atoms with E-state index in [0.29, 0.717) is 18.0 Å². The summed E-state index contributed by atoms with van der Waals surface area (Å²) in [6, 6.07) is 3.45. The number of sulfone groups is 1. The molecule has 2 aromatic rings. The van der Waals surface area contributed by atoms with Gasteiger partial charge in [0.15, 0.2) is 21.4 Å². The predicted molar refractivity (Wildman–Crippen MR) is 121 cm³/mol. The molecule has 1 aliphatic heterocycles. The van der Waals surface area contributed by atoms with Crippen molar-refractivity contribution in [3.63, 3.8) is 0 Å². The Balaban J connectivity index is 1.65. The first-order chi connectivity index (χ1) is 15.4. The molecule has 0 amide bonds. The summed E-state index contributed by atoms with van der Waals surface area (Å²) in [5.41, 5.74) is 0.141. The van der Waals surface area contributed by atoms with Crippen LogP contribution in [0.2, 0.25) is 0 Å². The molecule has 0 radical (unpaired) electrons. The maximum absolute atomic E-state index is 14.4. The number of Topliss-reactive ketones (excluding diaryl/α,β-unsaturated/α-hetero) is 1. The lowest BCUT2D eigenvalue weighted by Gasteiger charge is -2.36. The highest BCUT2D eigenvalue weighted by Crippen LogP contribution is 2.31. The molecule has 0 saturated carbocycles. The summed E-state index contributed by atoms with van der Waals surface area (Å²) >= 11 is 0. The van der Waals surface area contributed by atoms with Gasteiger partial charge in [0, 0.05) is 31.3 Å². The molecule has 0 atom stereocenters. The van der Waals surface area contributed by atoms with Crippen LogP contribution in [0.4, 0.5) is 4.39 Å². The van der Waals surface area contributed by atoms with Crippen molar-refractivity contribution in [2.75, 3.05) is 25.9 Å². The van der Waals surface area contributed by atoms with Crippen LogP contribution in [0.1, 0.15) is 39.2 Å². The number of hydrogen-bond donors (Lipinski definition) is 0. The van der Waals surface area contributed by atoms with Gasteiger partial charge in [0.05, 0.1) is 10.5 Å². The largest absolute Gasteiger partial charge is 0.474 e. The molecule has 180 valence electrons. The molecule has 1 saturated heterocycles. The smallest absolute Gasteiger partial charge is 0.229 e. The highest BCUT2D eigenvalue weighted by atomic mass is 32.2. The summed E-state index contributed by atoms with van der Waals surface area (Å²) in [5.74, 6) is -0.287. The van der Waals surface area contributed by atoms with Gasteiger partial charge in [0.1, 0.15) is 18.2 Å². The normalized spacial score (nSPS) is 15.9. The average Bonchev–Trinajstić information content (AvgIpc) is 2.72. The monoisotopic (exact) mass is 479 g/mol. The van der Waals surface area contributed by atoms with Gasteiger partial charge in [-0.2, -0.15) is 0 Å². The van der Waals surface area contributed by atoms with Gasteiger partial charge in [-0.1, -0.05) is 13.8 Å². The van der Waals surface area contributed by atoms with E-state index >= 15 is 0 Å². The van der Waals surface area contributed by atoms with E-state index in [4.69, 9.17) is 9.47 Å². The highest BCUT2D eigenvalue weighted by molar-refractivity contribution is 7.90. The number of piperidine rings is 1. The molecule has 33 heavy (non-hydrogen) atoms. The second-order valence-corrected chi connectivity index (χ2v) is 11.1. The van der Waals surface area contributed by atoms with Gasteiger partial charge < -0.3 is 14.4 Å². The van der Waals surface area contributed by atoms with E-state index in [0.717, 1.165) is 38.3 Å². The number of halogens is 1. The molecule has 0 unspecified atom stereocenters. The number of carbonyl (C=O) groups is 1. The van der Waals surface area contributed by atoms with Crippen molar-refractivity contribution >= 4 is 15.6 Å². The molecule has 1 fully saturated rings. The number of aromatic nitrogens is 2. The third-order valence-corrected chi connectivity index (χ3v) is 7.02. The Bertz CT molecular complexity index is 1130. The highest BCUT2D eigenvalue weighted by Gasteiger charge is 2.30. The molecular formula is C23H30FN3O5S. The van der Waals surface area contributed by atoms with E-state index in [1.807, 2.05) is 13.8 Å². The molecular weight excluding hydrogens is 449 g/mol. The quantitative estimate of drug-likeness (QED) is 0.567. The van der Waals surface area contributed by atoms with Gasteiger partial charge in [-0.05, 0) is 44.9 Å². The minimum absolute atomic E-state index is 0.0473. The topological polar surface area (TPSA) is 98.7 Å². The maximum atomic E-state index is 14.4. The van der Waals surface area contributed by atoms with Gasteiger partial charge in [-0.3, -0.25) is 4.79 Å². The van der Waals surface area contributed by atoms with Crippen LogP contribution in [0, 0.1) is 18.2 Å². The van der Waals surface area contributed by atoms with Gasteiger partial charge in [0.2, 0.25) is 11.8 Å². The van der Waals surface area contributed by atoms with E-state index < -0.39 is 15.7 Å². The van der Waals surface area contributed by atoms with E-state index in [2.05, 4.69) is 14.9 Å². The lowest BCUT2D eigenvalue weighted by atomic mass is 9.87. The molecule has 0 spiro atoms. The first-order valence-electron chi connectivity index (χ1n) is 10.8. The van der Waals surface area contributed by atoms with Crippen molar-refractivity contribution in [2.24, 2.45) is 5.41 Å². The van der Waals surface area contributed by atoms with Gasteiger partial charge in [0.25, 0.3) is 0 Å². The number of ketones is 1. The number of rotatable bonds is 8. The fourth-order valence-corrected chi connectivity index (χ4v) is 4.19. The number of likely N-dealkylation sites (tertiary alicyclic amines) is 1. The number of nitrogens with zero attached hydrogens (tertiary/aromatic N) is 3. The zero-order chi connectivity index (χ0) is 24.4. The van der Waals surface area contributed by atoms with Crippen molar-refractivity contribution in [1.82, 2.24) is 14.9 Å². The minimum atomic E-state index is -3.53. The average molecular weight is 480 g/mol. The Hall–Kier alpha value is -2.59. The van der Waals surface area contributed by atoms with Gasteiger partial charge in [-0.15, -0.1) is 0 Å². The van der Waals surface area contributed by atoms with Crippen LogP contribution in [-0.2, 0) is 14.6 Å². The second kappa shape index (κ2) is 9.72. The summed E-state index contributed by atoms with van der Waals surface area (Å²) in [6.45, 7) is 9.60. The van der Waals surface area contributed by atoms with E-state index in [-0.39, 0.29) is 33.8 Å². The Kier molecular flexibility index (Phi) is 7.38. The molecule has 10 heteroatoms. The van der Waals surface area contributed by atoms with Crippen molar-refractivity contribution in [1.29, 1.82) is 0 Å². The molecule has 1 aromatic heterocycles. The summed E-state index contributed by atoms with van der Waals surface area (Å²) in [4.78, 5) is 22.2. The molecule has 1 aliphatic rings. The zero-order valence-corrected chi connectivity index (χ0v) is 20.4. The SMILES string of the molecule is CC(=O)C(C)(C)CN1CCC(Oc2ncnc(Oc3ccc(S(C)(=O)=O)cc3F)c2C)CC1. The molecule has 1 aromatic carbocycles. The lowest BCUT2D eigenvalue weighted by molar-refractivity contribution is -0.126. The van der Waals surface area contributed by atoms with Crippen LogP contribution >= 0.6 is 0 Å². The summed E-state index contributed by atoms with van der Waals surface area (Å²) < 4.78 is 49.3. The molecule has 3 rings (SSSR count). The molecule has 0 aliphatic carbocycles. The fourth-order valence-electron chi connectivity index (χ4n) is 3.55. The van der Waals surface area contributed by atoms with Crippen LogP contribution in [-0.4, -0.2) is 61.1 Å². The number of carbonyl (C=O) groups excluding carboxylic acids is 1. The van der Waals surface area contributed by atoms with Crippen molar-refractivity contribution in [3.8, 4) is 17.5 Å². The summed E-state index contributed by atoms with van der Waals surface area (Å²) in [6.07, 6.45) is 3.82. The second-order valence-electron chi connectivity index (χ2n) is 9.11. The van der Waals surface area contributed by atoms with E-state index in [1.54, 1.807) is 13.8 Å². The summed E-state index contributed by atoms with van der Waals surface area (Å²) in [5, 5.41) is 0. The fraction of sp³-hybridized carbons (Fsp3) is 0.522. The maximum Gasteiger partial charge on any atom is 0.229 e. The third kappa shape index (κ3) is 6.26. The molecule has 2 heterocycles. The number of ether oxygens (including phenoxy) is 2. The Labute approximate surface area is 194 Å². The lowest BCUT2D eigenvalue weighted by Crippen LogP contribution is -2.44. The Morgan fingerprint density at radius 2 is 1.85 bits per heavy atom. The number of benzene rings is 1.